The molecule has 232 valence electrons. The van der Waals surface area contributed by atoms with Crippen molar-refractivity contribution in [3.8, 4) is 17.4 Å². The predicted molar refractivity (Wildman–Crippen MR) is 158 cm³/mol. The van der Waals surface area contributed by atoms with Crippen LogP contribution < -0.4 is 19.1 Å². The summed E-state index contributed by atoms with van der Waals surface area (Å²) in [6.45, 7) is 2.53. The number of alkyl halides is 2. The van der Waals surface area contributed by atoms with E-state index in [4.69, 9.17) is 9.47 Å². The Labute approximate surface area is 254 Å². The highest BCUT2D eigenvalue weighted by atomic mass is 19.3. The summed E-state index contributed by atoms with van der Waals surface area (Å²) in [5, 5.41) is 0. The van der Waals surface area contributed by atoms with Crippen LogP contribution in [0.25, 0.3) is 0 Å². The van der Waals surface area contributed by atoms with Gasteiger partial charge in [0.25, 0.3) is 5.91 Å². The number of hydrogen-bond acceptors (Lipinski definition) is 7. The zero-order valence-electron chi connectivity index (χ0n) is 25.1. The van der Waals surface area contributed by atoms with E-state index < -0.39 is 18.1 Å². The Kier molecular flexibility index (Phi) is 8.85. The second kappa shape index (κ2) is 12.6. The molecule has 2 atom stereocenters. The molecule has 44 heavy (non-hydrogen) atoms. The molecule has 1 saturated carbocycles. The van der Waals surface area contributed by atoms with Crippen molar-refractivity contribution in [2.75, 3.05) is 25.1 Å². The third kappa shape index (κ3) is 6.82. The minimum absolute atomic E-state index is 0.0680. The lowest BCUT2D eigenvalue weighted by atomic mass is 9.89. The highest BCUT2D eigenvalue weighted by Crippen LogP contribution is 2.43. The molecule has 0 N–H and O–H groups in total. The number of nitrogens with zero attached hydrogens (tertiary/aromatic N) is 3. The Morgan fingerprint density at radius 1 is 1.07 bits per heavy atom. The lowest BCUT2D eigenvalue weighted by Gasteiger charge is -2.31. The molecule has 1 aliphatic carbocycles. The number of carbonyl (C=O) groups excluding carboxylic acids is 3. The normalized spacial score (nSPS) is 19.5. The van der Waals surface area contributed by atoms with Gasteiger partial charge in [0.05, 0.1) is 6.61 Å². The number of pyridine rings is 1. The Hall–Kier alpha value is -4.54. The summed E-state index contributed by atoms with van der Waals surface area (Å²) in [5.74, 6) is -1.29. The van der Waals surface area contributed by atoms with Crippen LogP contribution >= 0.6 is 0 Å². The van der Waals surface area contributed by atoms with Crippen molar-refractivity contribution in [3.05, 3.63) is 77.5 Å². The van der Waals surface area contributed by atoms with E-state index in [0.717, 1.165) is 18.4 Å². The third-order valence-corrected chi connectivity index (χ3v) is 8.15. The minimum atomic E-state index is -3.01. The zero-order valence-corrected chi connectivity index (χ0v) is 25.1. The fraction of sp³-hybridized carbons (Fsp3) is 0.394. The summed E-state index contributed by atoms with van der Waals surface area (Å²) in [4.78, 5) is 46.7. The largest absolute Gasteiger partial charge is 0.489 e. The van der Waals surface area contributed by atoms with Gasteiger partial charge < -0.3 is 24.0 Å². The van der Waals surface area contributed by atoms with Crippen LogP contribution in [-0.2, 0) is 9.59 Å². The first-order valence-electron chi connectivity index (χ1n) is 14.5. The molecule has 0 spiro atoms. The first-order valence-corrected chi connectivity index (χ1v) is 14.5. The molecule has 2 heterocycles. The van der Waals surface area contributed by atoms with Crippen molar-refractivity contribution >= 4 is 23.5 Å². The molecule has 2 aliphatic rings. The van der Waals surface area contributed by atoms with Crippen LogP contribution in [0.15, 0.2) is 60.7 Å². The summed E-state index contributed by atoms with van der Waals surface area (Å²) in [5.41, 5.74) is 1.18. The molecular formula is C33H35F2N3O6. The van der Waals surface area contributed by atoms with Crippen molar-refractivity contribution in [1.29, 1.82) is 0 Å². The van der Waals surface area contributed by atoms with Crippen LogP contribution in [0.2, 0.25) is 0 Å². The van der Waals surface area contributed by atoms with E-state index in [2.05, 4.69) is 9.72 Å². The Balaban J connectivity index is 1.34. The molecule has 1 saturated heterocycles. The smallest absolute Gasteiger partial charge is 0.387 e. The number of anilines is 1. The maximum absolute atomic E-state index is 13.6. The maximum atomic E-state index is 13.6. The van der Waals surface area contributed by atoms with E-state index in [0.29, 0.717) is 23.8 Å². The number of esters is 1. The van der Waals surface area contributed by atoms with Gasteiger partial charge in [-0.05, 0) is 74.9 Å². The van der Waals surface area contributed by atoms with Gasteiger partial charge in [-0.3, -0.25) is 9.59 Å². The number of likely N-dealkylation sites (tertiary alicyclic amines) is 1. The van der Waals surface area contributed by atoms with E-state index in [1.54, 1.807) is 32.2 Å². The van der Waals surface area contributed by atoms with Crippen LogP contribution in [0.4, 0.5) is 14.5 Å². The predicted octanol–water partition coefficient (Wildman–Crippen LogP) is 5.76. The van der Waals surface area contributed by atoms with Crippen molar-refractivity contribution in [2.45, 2.75) is 58.1 Å². The number of hydrogen-bond donors (Lipinski definition) is 0. The molecule has 3 aromatic rings. The minimum Gasteiger partial charge on any atom is -0.489 e. The van der Waals surface area contributed by atoms with Crippen molar-refractivity contribution in [2.24, 2.45) is 5.92 Å². The Bertz CT molecular complexity index is 1540. The SMILES string of the molecule is CC(=O)N1C[C@@H](c2ccc(OC(F)F)c(OCC3CC3)c2)C[C@]1(C)C(=O)Oc1cccc(C(=O)N(C)c2ccc(C)cc2)n1. The highest BCUT2D eigenvalue weighted by molar-refractivity contribution is 6.04. The number of amides is 2. The van der Waals surface area contributed by atoms with Gasteiger partial charge in [0, 0.05) is 38.2 Å². The average molecular weight is 608 g/mol. The van der Waals surface area contributed by atoms with Crippen LogP contribution in [0, 0.1) is 12.8 Å². The molecule has 11 heteroatoms. The molecule has 9 nitrogen and oxygen atoms in total. The Morgan fingerprint density at radius 2 is 1.80 bits per heavy atom. The molecule has 2 amide bonds. The molecule has 1 aromatic heterocycles. The fourth-order valence-corrected chi connectivity index (χ4v) is 5.40. The van der Waals surface area contributed by atoms with E-state index in [1.165, 1.54) is 34.9 Å². The molecule has 1 aliphatic heterocycles. The maximum Gasteiger partial charge on any atom is 0.387 e. The lowest BCUT2D eigenvalue weighted by molar-refractivity contribution is -0.152. The van der Waals surface area contributed by atoms with Gasteiger partial charge in [-0.25, -0.2) is 9.78 Å². The summed E-state index contributed by atoms with van der Waals surface area (Å²) < 4.78 is 42.2. The summed E-state index contributed by atoms with van der Waals surface area (Å²) in [6.07, 6.45) is 2.25. The Morgan fingerprint density at radius 3 is 2.45 bits per heavy atom. The van der Waals surface area contributed by atoms with E-state index in [-0.39, 0.29) is 53.8 Å². The third-order valence-electron chi connectivity index (χ3n) is 8.15. The summed E-state index contributed by atoms with van der Waals surface area (Å²) >= 11 is 0. The second-order valence-corrected chi connectivity index (χ2v) is 11.6. The van der Waals surface area contributed by atoms with Crippen molar-refractivity contribution in [3.63, 3.8) is 0 Å². The standard InChI is InChI=1S/C33H35F2N3O6/c1-20-8-13-25(14-9-20)37(4)30(40)26-6-5-7-29(36-26)44-31(41)33(3)17-24(18-38(33)21(2)39)23-12-15-27(43-32(34)35)28(16-23)42-19-22-10-11-22/h5-9,12-16,22,24,32H,10-11,17-19H2,1-4H3/t24-,33+/m0/s1. The number of aryl methyl sites for hydroxylation is 1. The quantitative estimate of drug-likeness (QED) is 0.271. The lowest BCUT2D eigenvalue weighted by Crippen LogP contribution is -2.52. The molecule has 2 aromatic carbocycles. The second-order valence-electron chi connectivity index (χ2n) is 11.6. The van der Waals surface area contributed by atoms with Crippen LogP contribution in [0.5, 0.6) is 17.4 Å². The van der Waals surface area contributed by atoms with Crippen LogP contribution in [0.1, 0.15) is 60.6 Å². The molecule has 0 bridgehead atoms. The summed E-state index contributed by atoms with van der Waals surface area (Å²) in [6, 6.07) is 16.7. The first-order chi connectivity index (χ1) is 20.9. The number of ether oxygens (including phenoxy) is 3. The number of aromatic nitrogens is 1. The molecular weight excluding hydrogens is 572 g/mol. The molecule has 0 radical (unpaired) electrons. The first kappa shape index (κ1) is 30.9. The number of carbonyl (C=O) groups is 3. The molecule has 5 rings (SSSR count). The van der Waals surface area contributed by atoms with E-state index in [1.807, 2.05) is 31.2 Å². The number of rotatable bonds is 10. The molecule has 2 fully saturated rings. The average Bonchev–Trinajstić information content (AvgIpc) is 3.75. The number of halogens is 2. The molecule has 0 unspecified atom stereocenters. The van der Waals surface area contributed by atoms with Gasteiger partial charge in [-0.15, -0.1) is 0 Å². The van der Waals surface area contributed by atoms with E-state index >= 15 is 0 Å². The van der Waals surface area contributed by atoms with E-state index in [9.17, 15) is 23.2 Å². The van der Waals surface area contributed by atoms with Gasteiger partial charge in [0.1, 0.15) is 11.2 Å². The highest BCUT2D eigenvalue weighted by Gasteiger charge is 2.51. The monoisotopic (exact) mass is 607 g/mol. The van der Waals surface area contributed by atoms with Crippen molar-refractivity contribution in [1.82, 2.24) is 9.88 Å². The zero-order chi connectivity index (χ0) is 31.6. The van der Waals surface area contributed by atoms with Crippen LogP contribution in [0.3, 0.4) is 0 Å². The topological polar surface area (TPSA) is 98.3 Å². The van der Waals surface area contributed by atoms with Gasteiger partial charge in [0.2, 0.25) is 11.8 Å². The van der Waals surface area contributed by atoms with Crippen molar-refractivity contribution < 1.29 is 37.4 Å². The van der Waals surface area contributed by atoms with Gasteiger partial charge in [-0.1, -0.05) is 29.8 Å². The fourth-order valence-electron chi connectivity index (χ4n) is 5.40. The number of benzene rings is 2. The van der Waals surface area contributed by atoms with Crippen LogP contribution in [-0.4, -0.2) is 60.0 Å². The van der Waals surface area contributed by atoms with Gasteiger partial charge >= 0.3 is 12.6 Å². The van der Waals surface area contributed by atoms with Gasteiger partial charge in [0.15, 0.2) is 11.5 Å². The summed E-state index contributed by atoms with van der Waals surface area (Å²) in [7, 11) is 1.63. The van der Waals surface area contributed by atoms with Gasteiger partial charge in [-0.2, -0.15) is 8.78 Å².